The summed E-state index contributed by atoms with van der Waals surface area (Å²) in [6.45, 7) is 6.62. The second kappa shape index (κ2) is 5.84. The smallest absolute Gasteiger partial charge is 0.337 e. The van der Waals surface area contributed by atoms with Crippen molar-refractivity contribution in [3.05, 3.63) is 0 Å². The van der Waals surface area contributed by atoms with Gasteiger partial charge in [-0.1, -0.05) is 27.2 Å². The minimum atomic E-state index is -1.91. The number of amides is 1. The van der Waals surface area contributed by atoms with E-state index in [2.05, 4.69) is 5.32 Å². The maximum atomic E-state index is 11.6. The number of hydrogen-bond acceptors (Lipinski definition) is 3. The van der Waals surface area contributed by atoms with Crippen molar-refractivity contribution in [2.45, 2.75) is 39.7 Å². The number of carbonyl (C=O) groups excluding carboxylic acids is 1. The van der Waals surface area contributed by atoms with Gasteiger partial charge in [0, 0.05) is 5.92 Å². The first-order chi connectivity index (χ1) is 7.22. The van der Waals surface area contributed by atoms with Crippen molar-refractivity contribution in [2.75, 3.05) is 6.54 Å². The summed E-state index contributed by atoms with van der Waals surface area (Å²) in [6, 6.07) is 0. The van der Waals surface area contributed by atoms with Crippen molar-refractivity contribution >= 4 is 11.9 Å². The largest absolute Gasteiger partial charge is 0.479 e. The zero-order chi connectivity index (χ0) is 12.9. The van der Waals surface area contributed by atoms with E-state index in [1.165, 1.54) is 0 Å². The minimum absolute atomic E-state index is 0.186. The SMILES string of the molecule is CCC(C)C(C)C(=O)NCC(C)(O)C(=O)O. The van der Waals surface area contributed by atoms with Gasteiger partial charge in [0.1, 0.15) is 0 Å². The molecule has 0 aliphatic heterocycles. The number of aliphatic carboxylic acids is 1. The van der Waals surface area contributed by atoms with Crippen LogP contribution in [0, 0.1) is 11.8 Å². The van der Waals surface area contributed by atoms with E-state index < -0.39 is 11.6 Å². The molecular weight excluding hydrogens is 210 g/mol. The number of carboxylic acid groups (broad SMARTS) is 1. The van der Waals surface area contributed by atoms with Gasteiger partial charge in [0.2, 0.25) is 5.91 Å². The summed E-state index contributed by atoms with van der Waals surface area (Å²) >= 11 is 0. The van der Waals surface area contributed by atoms with Crippen molar-refractivity contribution in [3.63, 3.8) is 0 Å². The van der Waals surface area contributed by atoms with E-state index in [0.29, 0.717) is 0 Å². The van der Waals surface area contributed by atoms with E-state index in [4.69, 9.17) is 5.11 Å². The molecule has 0 aromatic carbocycles. The van der Waals surface area contributed by atoms with Crippen LogP contribution in [0.25, 0.3) is 0 Å². The Morgan fingerprint density at radius 1 is 1.38 bits per heavy atom. The Kier molecular flexibility index (Phi) is 5.44. The number of aliphatic hydroxyl groups is 1. The van der Waals surface area contributed by atoms with Gasteiger partial charge in [0.05, 0.1) is 6.54 Å². The van der Waals surface area contributed by atoms with Crippen molar-refractivity contribution in [1.82, 2.24) is 5.32 Å². The van der Waals surface area contributed by atoms with Crippen LogP contribution in [0.5, 0.6) is 0 Å². The molecule has 0 spiro atoms. The molecule has 5 heteroatoms. The van der Waals surface area contributed by atoms with Gasteiger partial charge in [-0.15, -0.1) is 0 Å². The summed E-state index contributed by atoms with van der Waals surface area (Å²) in [6.07, 6.45) is 0.879. The molecule has 0 heterocycles. The van der Waals surface area contributed by atoms with Gasteiger partial charge in [-0.25, -0.2) is 4.79 Å². The Morgan fingerprint density at radius 2 is 1.88 bits per heavy atom. The van der Waals surface area contributed by atoms with Crippen LogP contribution in [0.15, 0.2) is 0 Å². The zero-order valence-corrected chi connectivity index (χ0v) is 10.3. The van der Waals surface area contributed by atoms with Gasteiger partial charge in [0.25, 0.3) is 0 Å². The molecule has 0 radical (unpaired) electrons. The van der Waals surface area contributed by atoms with Crippen LogP contribution in [-0.4, -0.2) is 34.2 Å². The average molecular weight is 231 g/mol. The molecule has 5 nitrogen and oxygen atoms in total. The van der Waals surface area contributed by atoms with Gasteiger partial charge in [-0.3, -0.25) is 4.79 Å². The second-order valence-electron chi connectivity index (χ2n) is 4.47. The van der Waals surface area contributed by atoms with Gasteiger partial charge in [-0.2, -0.15) is 0 Å². The van der Waals surface area contributed by atoms with Crippen LogP contribution in [0.2, 0.25) is 0 Å². The highest BCUT2D eigenvalue weighted by Gasteiger charge is 2.31. The molecule has 0 aromatic heterocycles. The van der Waals surface area contributed by atoms with Crippen LogP contribution in [0.3, 0.4) is 0 Å². The van der Waals surface area contributed by atoms with E-state index >= 15 is 0 Å². The van der Waals surface area contributed by atoms with Crippen LogP contribution in [0.1, 0.15) is 34.1 Å². The Bertz CT molecular complexity index is 263. The Balaban J connectivity index is 4.22. The quantitative estimate of drug-likeness (QED) is 0.625. The summed E-state index contributed by atoms with van der Waals surface area (Å²) in [5, 5.41) is 20.5. The van der Waals surface area contributed by atoms with E-state index in [-0.39, 0.29) is 24.3 Å². The van der Waals surface area contributed by atoms with Crippen LogP contribution in [-0.2, 0) is 9.59 Å². The van der Waals surface area contributed by atoms with Crippen molar-refractivity contribution in [2.24, 2.45) is 11.8 Å². The molecule has 3 atom stereocenters. The van der Waals surface area contributed by atoms with Crippen LogP contribution in [0.4, 0.5) is 0 Å². The molecular formula is C11H21NO4. The number of hydrogen-bond donors (Lipinski definition) is 3. The Hall–Kier alpha value is -1.10. The highest BCUT2D eigenvalue weighted by atomic mass is 16.4. The third-order valence-corrected chi connectivity index (χ3v) is 2.98. The lowest BCUT2D eigenvalue weighted by molar-refractivity contribution is -0.156. The lowest BCUT2D eigenvalue weighted by Gasteiger charge is -2.22. The van der Waals surface area contributed by atoms with Gasteiger partial charge in [-0.05, 0) is 12.8 Å². The standard InChI is InChI=1S/C11H21NO4/c1-5-7(2)8(3)9(13)12-6-11(4,16)10(14)15/h7-8,16H,5-6H2,1-4H3,(H,12,13)(H,14,15). The minimum Gasteiger partial charge on any atom is -0.479 e. The predicted octanol–water partition coefficient (Wildman–Crippen LogP) is 0.620. The van der Waals surface area contributed by atoms with Gasteiger partial charge < -0.3 is 15.5 Å². The first kappa shape index (κ1) is 14.9. The first-order valence-corrected chi connectivity index (χ1v) is 5.45. The van der Waals surface area contributed by atoms with Gasteiger partial charge in [0.15, 0.2) is 5.60 Å². The summed E-state index contributed by atoms with van der Waals surface area (Å²) in [5.74, 6) is -1.52. The molecule has 3 N–H and O–H groups in total. The molecule has 0 aromatic rings. The lowest BCUT2D eigenvalue weighted by Crippen LogP contribution is -2.48. The molecule has 1 amide bonds. The van der Waals surface area contributed by atoms with E-state index in [1.54, 1.807) is 6.92 Å². The first-order valence-electron chi connectivity index (χ1n) is 5.45. The average Bonchev–Trinajstić information content (AvgIpc) is 2.23. The fourth-order valence-electron chi connectivity index (χ4n) is 1.11. The molecule has 0 fully saturated rings. The Labute approximate surface area is 95.9 Å². The fourth-order valence-corrected chi connectivity index (χ4v) is 1.11. The maximum Gasteiger partial charge on any atom is 0.337 e. The molecule has 0 saturated carbocycles. The third-order valence-electron chi connectivity index (χ3n) is 2.98. The maximum absolute atomic E-state index is 11.6. The number of carbonyl (C=O) groups is 2. The molecule has 94 valence electrons. The molecule has 0 rings (SSSR count). The summed E-state index contributed by atoms with van der Waals surface area (Å²) in [5.41, 5.74) is -1.91. The summed E-state index contributed by atoms with van der Waals surface area (Å²) in [4.78, 5) is 22.2. The number of nitrogens with one attached hydrogen (secondary N) is 1. The van der Waals surface area contributed by atoms with E-state index in [9.17, 15) is 14.7 Å². The monoisotopic (exact) mass is 231 g/mol. The fraction of sp³-hybridized carbons (Fsp3) is 0.818. The Morgan fingerprint density at radius 3 is 2.25 bits per heavy atom. The highest BCUT2D eigenvalue weighted by Crippen LogP contribution is 2.14. The van der Waals surface area contributed by atoms with Crippen molar-refractivity contribution in [1.29, 1.82) is 0 Å². The van der Waals surface area contributed by atoms with Crippen LogP contribution >= 0.6 is 0 Å². The van der Waals surface area contributed by atoms with E-state index in [0.717, 1.165) is 13.3 Å². The van der Waals surface area contributed by atoms with Gasteiger partial charge >= 0.3 is 5.97 Å². The molecule has 0 aliphatic rings. The molecule has 0 aliphatic carbocycles. The molecule has 0 saturated heterocycles. The third kappa shape index (κ3) is 4.18. The van der Waals surface area contributed by atoms with Crippen molar-refractivity contribution in [3.8, 4) is 0 Å². The molecule has 16 heavy (non-hydrogen) atoms. The van der Waals surface area contributed by atoms with E-state index in [1.807, 2.05) is 13.8 Å². The summed E-state index contributed by atoms with van der Waals surface area (Å²) < 4.78 is 0. The van der Waals surface area contributed by atoms with Crippen molar-refractivity contribution < 1.29 is 19.8 Å². The second-order valence-corrected chi connectivity index (χ2v) is 4.47. The van der Waals surface area contributed by atoms with Crippen LogP contribution < -0.4 is 5.32 Å². The predicted molar refractivity (Wildman–Crippen MR) is 59.9 cm³/mol. The highest BCUT2D eigenvalue weighted by molar-refractivity contribution is 5.81. The molecule has 0 bridgehead atoms. The molecule has 3 unspecified atom stereocenters. The zero-order valence-electron chi connectivity index (χ0n) is 10.3. The summed E-state index contributed by atoms with van der Waals surface area (Å²) in [7, 11) is 0. The number of rotatable bonds is 6. The number of carboxylic acids is 1. The lowest BCUT2D eigenvalue weighted by atomic mass is 9.92. The topological polar surface area (TPSA) is 86.6 Å². The normalized spacial score (nSPS) is 18.3.